The smallest absolute Gasteiger partial charge is 0.342 e. The molecule has 1 N–H and O–H groups in total. The zero-order valence-corrected chi connectivity index (χ0v) is 9.25. The molecule has 0 spiro atoms. The van der Waals surface area contributed by atoms with Gasteiger partial charge in [-0.05, 0) is 12.5 Å². The standard InChI is InChI=1S/C10H13F3N2O2/c1-7(16)14-8(10(11,12)13)4-6-15-5-2-3-9(15)17/h4,6,8H,2-3,5H2,1H3,(H,14,16). The highest BCUT2D eigenvalue weighted by atomic mass is 19.4. The van der Waals surface area contributed by atoms with Gasteiger partial charge in [-0.25, -0.2) is 0 Å². The quantitative estimate of drug-likeness (QED) is 0.818. The summed E-state index contributed by atoms with van der Waals surface area (Å²) in [6.45, 7) is 1.42. The summed E-state index contributed by atoms with van der Waals surface area (Å²) < 4.78 is 37.4. The Morgan fingerprint density at radius 1 is 1.53 bits per heavy atom. The third-order valence-corrected chi connectivity index (χ3v) is 2.28. The van der Waals surface area contributed by atoms with Crippen LogP contribution in [0.4, 0.5) is 13.2 Å². The molecule has 0 aromatic heterocycles. The van der Waals surface area contributed by atoms with Gasteiger partial charge in [0.25, 0.3) is 0 Å². The molecule has 1 fully saturated rings. The van der Waals surface area contributed by atoms with Gasteiger partial charge in [0, 0.05) is 26.1 Å². The van der Waals surface area contributed by atoms with E-state index in [9.17, 15) is 22.8 Å². The lowest BCUT2D eigenvalue weighted by Gasteiger charge is -2.18. The largest absolute Gasteiger partial charge is 0.412 e. The van der Waals surface area contributed by atoms with E-state index in [4.69, 9.17) is 0 Å². The second kappa shape index (κ2) is 5.20. The molecule has 0 aliphatic carbocycles. The van der Waals surface area contributed by atoms with Crippen LogP contribution in [0.15, 0.2) is 12.3 Å². The minimum atomic E-state index is -4.56. The van der Waals surface area contributed by atoms with E-state index in [2.05, 4.69) is 0 Å². The molecule has 17 heavy (non-hydrogen) atoms. The van der Waals surface area contributed by atoms with Gasteiger partial charge in [-0.15, -0.1) is 0 Å². The van der Waals surface area contributed by atoms with Crippen LogP contribution in [0.25, 0.3) is 0 Å². The summed E-state index contributed by atoms with van der Waals surface area (Å²) in [5.74, 6) is -0.977. The van der Waals surface area contributed by atoms with Crippen molar-refractivity contribution in [3.05, 3.63) is 12.3 Å². The predicted octanol–water partition coefficient (Wildman–Crippen LogP) is 1.19. The Kier molecular flexibility index (Phi) is 4.14. The van der Waals surface area contributed by atoms with Crippen molar-refractivity contribution in [3.8, 4) is 0 Å². The van der Waals surface area contributed by atoms with Crippen LogP contribution in [0, 0.1) is 0 Å². The molecule has 1 aliphatic heterocycles. The van der Waals surface area contributed by atoms with Crippen molar-refractivity contribution in [1.29, 1.82) is 0 Å². The molecule has 0 aromatic carbocycles. The highest BCUT2D eigenvalue weighted by Gasteiger charge is 2.38. The Balaban J connectivity index is 2.68. The molecular weight excluding hydrogens is 237 g/mol. The van der Waals surface area contributed by atoms with Crippen molar-refractivity contribution < 1.29 is 22.8 Å². The molecule has 1 saturated heterocycles. The van der Waals surface area contributed by atoms with Crippen molar-refractivity contribution in [2.24, 2.45) is 0 Å². The molecule has 0 radical (unpaired) electrons. The van der Waals surface area contributed by atoms with Gasteiger partial charge >= 0.3 is 6.18 Å². The topological polar surface area (TPSA) is 49.4 Å². The third-order valence-electron chi connectivity index (χ3n) is 2.28. The van der Waals surface area contributed by atoms with E-state index in [0.29, 0.717) is 19.4 Å². The minimum Gasteiger partial charge on any atom is -0.342 e. The van der Waals surface area contributed by atoms with E-state index in [1.54, 1.807) is 5.32 Å². The first-order valence-corrected chi connectivity index (χ1v) is 5.12. The fourth-order valence-electron chi connectivity index (χ4n) is 1.47. The van der Waals surface area contributed by atoms with Gasteiger partial charge in [0.15, 0.2) is 0 Å². The Hall–Kier alpha value is -1.53. The van der Waals surface area contributed by atoms with Crippen LogP contribution < -0.4 is 5.32 Å². The SMILES string of the molecule is CC(=O)NC(C=CN1CCCC1=O)C(F)(F)F. The number of nitrogens with one attached hydrogen (secondary N) is 1. The van der Waals surface area contributed by atoms with Gasteiger partial charge in [-0.3, -0.25) is 9.59 Å². The van der Waals surface area contributed by atoms with E-state index >= 15 is 0 Å². The average Bonchev–Trinajstić information content (AvgIpc) is 2.56. The lowest BCUT2D eigenvalue weighted by Crippen LogP contribution is -2.43. The number of hydrogen-bond donors (Lipinski definition) is 1. The highest BCUT2D eigenvalue weighted by Crippen LogP contribution is 2.21. The third kappa shape index (κ3) is 4.08. The van der Waals surface area contributed by atoms with Crippen LogP contribution in [-0.4, -0.2) is 35.5 Å². The Morgan fingerprint density at radius 2 is 2.18 bits per heavy atom. The molecule has 1 unspecified atom stereocenters. The number of alkyl halides is 3. The first kappa shape index (κ1) is 13.5. The summed E-state index contributed by atoms with van der Waals surface area (Å²) >= 11 is 0. The van der Waals surface area contributed by atoms with Crippen molar-refractivity contribution in [1.82, 2.24) is 10.2 Å². The number of carbonyl (C=O) groups excluding carboxylic acids is 2. The zero-order chi connectivity index (χ0) is 13.1. The molecule has 0 aromatic rings. The van der Waals surface area contributed by atoms with Gasteiger partial charge in [0.2, 0.25) is 11.8 Å². The normalized spacial score (nSPS) is 18.8. The number of carbonyl (C=O) groups is 2. The molecule has 96 valence electrons. The lowest BCUT2D eigenvalue weighted by atomic mass is 10.2. The van der Waals surface area contributed by atoms with Gasteiger partial charge in [-0.1, -0.05) is 0 Å². The zero-order valence-electron chi connectivity index (χ0n) is 9.25. The van der Waals surface area contributed by atoms with Crippen molar-refractivity contribution in [3.63, 3.8) is 0 Å². The van der Waals surface area contributed by atoms with Crippen LogP contribution in [0.5, 0.6) is 0 Å². The van der Waals surface area contributed by atoms with E-state index in [0.717, 1.165) is 19.2 Å². The molecule has 1 aliphatic rings. The van der Waals surface area contributed by atoms with Gasteiger partial charge in [-0.2, -0.15) is 13.2 Å². The van der Waals surface area contributed by atoms with E-state index in [1.165, 1.54) is 4.90 Å². The summed E-state index contributed by atoms with van der Waals surface area (Å²) in [5, 5.41) is 1.77. The number of hydrogen-bond acceptors (Lipinski definition) is 2. The van der Waals surface area contributed by atoms with Crippen LogP contribution in [0.3, 0.4) is 0 Å². The molecule has 1 heterocycles. The molecule has 4 nitrogen and oxygen atoms in total. The fourth-order valence-corrected chi connectivity index (χ4v) is 1.47. The van der Waals surface area contributed by atoms with E-state index < -0.39 is 18.1 Å². The van der Waals surface area contributed by atoms with Crippen molar-refractivity contribution >= 4 is 11.8 Å². The number of rotatable bonds is 3. The lowest BCUT2D eigenvalue weighted by molar-refractivity contribution is -0.151. The van der Waals surface area contributed by atoms with E-state index in [1.807, 2.05) is 0 Å². The van der Waals surface area contributed by atoms with E-state index in [-0.39, 0.29) is 5.91 Å². The first-order valence-electron chi connectivity index (χ1n) is 5.12. The molecular formula is C10H13F3N2O2. The second-order valence-corrected chi connectivity index (χ2v) is 3.75. The van der Waals surface area contributed by atoms with Gasteiger partial charge in [0.05, 0.1) is 0 Å². The molecule has 0 saturated carbocycles. The molecule has 1 rings (SSSR count). The maximum atomic E-state index is 12.5. The molecule has 0 bridgehead atoms. The summed E-state index contributed by atoms with van der Waals surface area (Å²) in [6.07, 6.45) is -1.71. The Bertz CT molecular complexity index is 339. The summed E-state index contributed by atoms with van der Waals surface area (Å²) in [6, 6.07) is -2.06. The number of halogens is 3. The van der Waals surface area contributed by atoms with Gasteiger partial charge in [0.1, 0.15) is 6.04 Å². The monoisotopic (exact) mass is 250 g/mol. The van der Waals surface area contributed by atoms with Crippen molar-refractivity contribution in [2.75, 3.05) is 6.54 Å². The van der Waals surface area contributed by atoms with Gasteiger partial charge < -0.3 is 10.2 Å². The Morgan fingerprint density at radius 3 is 2.59 bits per heavy atom. The van der Waals surface area contributed by atoms with Crippen LogP contribution in [0.2, 0.25) is 0 Å². The Labute approximate surface area is 96.5 Å². The molecule has 2 amide bonds. The number of amides is 2. The minimum absolute atomic E-state index is 0.204. The van der Waals surface area contributed by atoms with Crippen LogP contribution >= 0.6 is 0 Å². The maximum Gasteiger partial charge on any atom is 0.412 e. The number of nitrogens with zero attached hydrogens (tertiary/aromatic N) is 1. The maximum absolute atomic E-state index is 12.5. The fraction of sp³-hybridized carbons (Fsp3) is 0.600. The van der Waals surface area contributed by atoms with Crippen LogP contribution in [0.1, 0.15) is 19.8 Å². The average molecular weight is 250 g/mol. The summed E-state index contributed by atoms with van der Waals surface area (Å²) in [5.41, 5.74) is 0. The first-order chi connectivity index (χ1) is 7.80. The number of likely N-dealkylation sites (tertiary alicyclic amines) is 1. The molecule has 1 atom stereocenters. The molecule has 7 heteroatoms. The predicted molar refractivity (Wildman–Crippen MR) is 53.7 cm³/mol. The highest BCUT2D eigenvalue weighted by molar-refractivity contribution is 5.79. The summed E-state index contributed by atoms with van der Waals surface area (Å²) in [4.78, 5) is 23.0. The van der Waals surface area contributed by atoms with Crippen LogP contribution in [-0.2, 0) is 9.59 Å². The summed E-state index contributed by atoms with van der Waals surface area (Å²) in [7, 11) is 0. The second-order valence-electron chi connectivity index (χ2n) is 3.75. The van der Waals surface area contributed by atoms with Crippen molar-refractivity contribution in [2.45, 2.75) is 32.0 Å².